The minimum atomic E-state index is -3.55. The van der Waals surface area contributed by atoms with Crippen LogP contribution in [0.5, 0.6) is 0 Å². The zero-order chi connectivity index (χ0) is 19.4. The molecule has 7 nitrogen and oxygen atoms in total. The summed E-state index contributed by atoms with van der Waals surface area (Å²) in [6.45, 7) is 2.09. The molecule has 1 aliphatic carbocycles. The molecular formula is C18H23N3O4S2. The topological polar surface area (TPSA) is 111 Å². The van der Waals surface area contributed by atoms with Crippen LogP contribution in [0.2, 0.25) is 0 Å². The van der Waals surface area contributed by atoms with Crippen molar-refractivity contribution >= 4 is 27.5 Å². The van der Waals surface area contributed by atoms with Gasteiger partial charge in [-0.3, -0.25) is 0 Å². The summed E-state index contributed by atoms with van der Waals surface area (Å²) in [6, 6.07) is 6.96. The lowest BCUT2D eigenvalue weighted by Crippen LogP contribution is -2.26. The zero-order valence-electron chi connectivity index (χ0n) is 15.1. The fourth-order valence-corrected chi connectivity index (χ4v) is 5.82. The number of sulfonamides is 1. The van der Waals surface area contributed by atoms with Crippen LogP contribution >= 0.6 is 11.3 Å². The predicted octanol–water partition coefficient (Wildman–Crippen LogP) is 3.23. The van der Waals surface area contributed by atoms with E-state index in [4.69, 9.17) is 10.5 Å². The van der Waals surface area contributed by atoms with Crippen LogP contribution in [0.3, 0.4) is 0 Å². The molecule has 0 spiro atoms. The highest BCUT2D eigenvalue weighted by Gasteiger charge is 2.27. The number of aromatic nitrogens is 1. The van der Waals surface area contributed by atoms with E-state index in [1.54, 1.807) is 31.3 Å². The summed E-state index contributed by atoms with van der Waals surface area (Å²) < 4.78 is 32.6. The number of hydrogen-bond donors (Lipinski definition) is 2. The second kappa shape index (κ2) is 8.37. The monoisotopic (exact) mass is 409 g/mol. The van der Waals surface area contributed by atoms with Gasteiger partial charge in [-0.2, -0.15) is 0 Å². The summed E-state index contributed by atoms with van der Waals surface area (Å²) in [7, 11) is -3.55. The van der Waals surface area contributed by atoms with Crippen LogP contribution in [0.1, 0.15) is 43.5 Å². The van der Waals surface area contributed by atoms with Gasteiger partial charge in [0.05, 0.1) is 14.8 Å². The molecule has 1 saturated carbocycles. The Hall–Kier alpha value is -1.97. The molecule has 2 aromatic rings. The standard InChI is InChI=1S/C18H23N3O4S2/c1-2-21-27(23,24)16-6-4-3-5-14(16)15-11-20-17(26-15)12-7-9-13(10-8-12)25-18(19)22/h3-6,11-13,21H,2,7-10H2,1H3,(H2,19,22)/t12-,13-. The van der Waals surface area contributed by atoms with Crippen molar-refractivity contribution in [3.8, 4) is 10.4 Å². The second-order valence-corrected chi connectivity index (χ2v) is 9.27. The Balaban J connectivity index is 1.79. The van der Waals surface area contributed by atoms with Gasteiger partial charge >= 0.3 is 6.09 Å². The molecule has 3 N–H and O–H groups in total. The van der Waals surface area contributed by atoms with Gasteiger partial charge in [0.1, 0.15) is 6.10 Å². The predicted molar refractivity (Wildman–Crippen MR) is 104 cm³/mol. The van der Waals surface area contributed by atoms with E-state index >= 15 is 0 Å². The minimum Gasteiger partial charge on any atom is -0.446 e. The van der Waals surface area contributed by atoms with E-state index in [0.29, 0.717) is 12.1 Å². The lowest BCUT2D eigenvalue weighted by atomic mass is 9.88. The maximum absolute atomic E-state index is 12.5. The van der Waals surface area contributed by atoms with Crippen LogP contribution in [0.4, 0.5) is 4.79 Å². The van der Waals surface area contributed by atoms with Gasteiger partial charge in [0.2, 0.25) is 10.0 Å². The molecule has 0 aliphatic heterocycles. The Labute approximate surface area is 163 Å². The first kappa shape index (κ1) is 19.8. The molecule has 1 aromatic heterocycles. The first-order valence-electron chi connectivity index (χ1n) is 8.91. The maximum atomic E-state index is 12.5. The van der Waals surface area contributed by atoms with Crippen molar-refractivity contribution in [1.29, 1.82) is 0 Å². The van der Waals surface area contributed by atoms with Crippen LogP contribution in [0.25, 0.3) is 10.4 Å². The lowest BCUT2D eigenvalue weighted by Gasteiger charge is -2.26. The van der Waals surface area contributed by atoms with E-state index in [2.05, 4.69) is 9.71 Å². The number of ether oxygens (including phenoxy) is 1. The number of primary amides is 1. The maximum Gasteiger partial charge on any atom is 0.404 e. The molecule has 0 bridgehead atoms. The summed E-state index contributed by atoms with van der Waals surface area (Å²) in [5.41, 5.74) is 5.74. The van der Waals surface area contributed by atoms with Crippen LogP contribution in [-0.2, 0) is 14.8 Å². The summed E-state index contributed by atoms with van der Waals surface area (Å²) >= 11 is 1.52. The van der Waals surface area contributed by atoms with Gasteiger partial charge in [-0.15, -0.1) is 11.3 Å². The number of nitrogens with one attached hydrogen (secondary N) is 1. The van der Waals surface area contributed by atoms with Gasteiger partial charge in [-0.25, -0.2) is 22.9 Å². The third-order valence-electron chi connectivity index (χ3n) is 4.61. The molecule has 1 aromatic carbocycles. The van der Waals surface area contributed by atoms with Crippen LogP contribution < -0.4 is 10.5 Å². The summed E-state index contributed by atoms with van der Waals surface area (Å²) in [4.78, 5) is 16.5. The Morgan fingerprint density at radius 3 is 2.67 bits per heavy atom. The smallest absolute Gasteiger partial charge is 0.404 e. The Morgan fingerprint density at radius 2 is 2.00 bits per heavy atom. The molecular weight excluding hydrogens is 386 g/mol. The fourth-order valence-electron chi connectivity index (χ4n) is 3.37. The molecule has 1 amide bonds. The molecule has 1 fully saturated rings. The molecule has 27 heavy (non-hydrogen) atoms. The molecule has 3 rings (SSSR count). The molecule has 0 unspecified atom stereocenters. The summed E-state index contributed by atoms with van der Waals surface area (Å²) in [5.74, 6) is 0.286. The largest absolute Gasteiger partial charge is 0.446 e. The third kappa shape index (κ3) is 4.66. The average molecular weight is 410 g/mol. The van der Waals surface area contributed by atoms with E-state index in [0.717, 1.165) is 35.6 Å². The van der Waals surface area contributed by atoms with E-state index in [1.165, 1.54) is 11.3 Å². The lowest BCUT2D eigenvalue weighted by molar-refractivity contribution is 0.0787. The minimum absolute atomic E-state index is 0.121. The normalized spacial score (nSPS) is 20.3. The quantitative estimate of drug-likeness (QED) is 0.761. The molecule has 0 radical (unpaired) electrons. The third-order valence-corrected chi connectivity index (χ3v) is 7.40. The number of nitrogens with two attached hydrogens (primary N) is 1. The van der Waals surface area contributed by atoms with Crippen molar-refractivity contribution in [2.75, 3.05) is 6.54 Å². The number of carbonyl (C=O) groups excluding carboxylic acids is 1. The first-order valence-corrected chi connectivity index (χ1v) is 11.2. The Bertz CT molecular complexity index is 903. The number of thiazole rings is 1. The molecule has 0 saturated heterocycles. The van der Waals surface area contributed by atoms with Crippen molar-refractivity contribution in [3.63, 3.8) is 0 Å². The van der Waals surface area contributed by atoms with Crippen molar-refractivity contribution in [1.82, 2.24) is 9.71 Å². The second-order valence-electron chi connectivity index (χ2n) is 6.47. The number of nitrogens with zero attached hydrogens (tertiary/aromatic N) is 1. The zero-order valence-corrected chi connectivity index (χ0v) is 16.7. The van der Waals surface area contributed by atoms with Crippen LogP contribution in [0, 0.1) is 0 Å². The number of amides is 1. The highest BCUT2D eigenvalue weighted by atomic mass is 32.2. The van der Waals surface area contributed by atoms with E-state index in [-0.39, 0.29) is 16.9 Å². The summed E-state index contributed by atoms with van der Waals surface area (Å²) in [5, 5.41) is 0.984. The molecule has 146 valence electrons. The fraction of sp³-hybridized carbons (Fsp3) is 0.444. The van der Waals surface area contributed by atoms with Gasteiger partial charge in [-0.05, 0) is 31.7 Å². The van der Waals surface area contributed by atoms with Gasteiger partial charge in [0.15, 0.2) is 0 Å². The van der Waals surface area contributed by atoms with E-state index in [9.17, 15) is 13.2 Å². The van der Waals surface area contributed by atoms with Crippen LogP contribution in [0.15, 0.2) is 35.4 Å². The summed E-state index contributed by atoms with van der Waals surface area (Å²) in [6.07, 6.45) is 4.14. The molecule has 0 atom stereocenters. The SMILES string of the molecule is CCNS(=O)(=O)c1ccccc1-c1cnc([C@H]2CC[C@H](OC(N)=O)CC2)s1. The molecule has 1 heterocycles. The van der Waals surface area contributed by atoms with Crippen molar-refractivity contribution < 1.29 is 17.9 Å². The van der Waals surface area contributed by atoms with Gasteiger partial charge in [-0.1, -0.05) is 25.1 Å². The van der Waals surface area contributed by atoms with Crippen molar-refractivity contribution in [2.24, 2.45) is 5.73 Å². The Kier molecular flexibility index (Phi) is 6.13. The van der Waals surface area contributed by atoms with Gasteiger partial charge in [0, 0.05) is 24.2 Å². The highest BCUT2D eigenvalue weighted by molar-refractivity contribution is 7.89. The van der Waals surface area contributed by atoms with E-state index in [1.807, 2.05) is 6.07 Å². The molecule has 9 heteroatoms. The highest BCUT2D eigenvalue weighted by Crippen LogP contribution is 2.39. The van der Waals surface area contributed by atoms with Crippen LogP contribution in [-0.4, -0.2) is 32.1 Å². The molecule has 1 aliphatic rings. The van der Waals surface area contributed by atoms with Crippen molar-refractivity contribution in [3.05, 3.63) is 35.5 Å². The first-order chi connectivity index (χ1) is 12.9. The van der Waals surface area contributed by atoms with Gasteiger partial charge in [0.25, 0.3) is 0 Å². The van der Waals surface area contributed by atoms with Gasteiger partial charge < -0.3 is 10.5 Å². The Morgan fingerprint density at radius 1 is 1.30 bits per heavy atom. The average Bonchev–Trinajstić information content (AvgIpc) is 3.12. The number of hydrogen-bond acceptors (Lipinski definition) is 6. The number of rotatable bonds is 6. The number of benzene rings is 1. The van der Waals surface area contributed by atoms with Crippen molar-refractivity contribution in [2.45, 2.75) is 49.5 Å². The number of carbonyl (C=O) groups is 1. The van der Waals surface area contributed by atoms with E-state index < -0.39 is 16.1 Å².